The van der Waals surface area contributed by atoms with Crippen molar-refractivity contribution in [1.82, 2.24) is 9.80 Å². The summed E-state index contributed by atoms with van der Waals surface area (Å²) in [5.74, 6) is 1.52. The molecule has 2 aromatic rings. The lowest BCUT2D eigenvalue weighted by molar-refractivity contribution is -0.00615. The van der Waals surface area contributed by atoms with Gasteiger partial charge in [0.25, 0.3) is 0 Å². The van der Waals surface area contributed by atoms with E-state index in [9.17, 15) is 9.59 Å². The molecule has 1 aliphatic rings. The lowest BCUT2D eigenvalue weighted by Crippen LogP contribution is -2.57. The molecular formula is C27H36N2O6. The number of hydrogen-bond acceptors (Lipinski definition) is 6. The van der Waals surface area contributed by atoms with Crippen molar-refractivity contribution < 1.29 is 28.5 Å². The first-order valence-corrected chi connectivity index (χ1v) is 11.9. The Bertz CT molecular complexity index is 989. The number of piperazine rings is 1. The van der Waals surface area contributed by atoms with E-state index in [2.05, 4.69) is 0 Å². The van der Waals surface area contributed by atoms with Crippen LogP contribution in [0.3, 0.4) is 0 Å². The van der Waals surface area contributed by atoms with Crippen LogP contribution >= 0.6 is 0 Å². The maximum absolute atomic E-state index is 12.9. The molecule has 0 unspecified atom stereocenters. The van der Waals surface area contributed by atoms with E-state index in [0.717, 1.165) is 22.6 Å². The predicted octanol–water partition coefficient (Wildman–Crippen LogP) is 5.03. The van der Waals surface area contributed by atoms with Gasteiger partial charge >= 0.3 is 12.2 Å². The molecule has 0 saturated carbocycles. The molecule has 1 saturated heterocycles. The number of nitrogens with zero attached hydrogens (tertiary/aromatic N) is 2. The molecule has 0 bridgehead atoms. The minimum Gasteiger partial charge on any atom is -0.497 e. The Morgan fingerprint density at radius 2 is 1.77 bits per heavy atom. The highest BCUT2D eigenvalue weighted by atomic mass is 16.6. The van der Waals surface area contributed by atoms with Gasteiger partial charge < -0.3 is 28.7 Å². The molecule has 8 heteroatoms. The van der Waals surface area contributed by atoms with Crippen LogP contribution in [0.4, 0.5) is 9.59 Å². The summed E-state index contributed by atoms with van der Waals surface area (Å²) in [7, 11) is 1.63. The van der Waals surface area contributed by atoms with Crippen LogP contribution in [-0.4, -0.2) is 67.0 Å². The third-order valence-electron chi connectivity index (χ3n) is 5.66. The van der Waals surface area contributed by atoms with Crippen molar-refractivity contribution in [1.29, 1.82) is 0 Å². The van der Waals surface area contributed by atoms with Crippen LogP contribution in [0.2, 0.25) is 0 Å². The number of ether oxygens (including phenoxy) is 4. The molecule has 0 aromatic heterocycles. The van der Waals surface area contributed by atoms with Gasteiger partial charge in [-0.05, 0) is 57.0 Å². The first kappa shape index (κ1) is 26.2. The topological polar surface area (TPSA) is 77.5 Å². The predicted molar refractivity (Wildman–Crippen MR) is 133 cm³/mol. The molecule has 2 amide bonds. The summed E-state index contributed by atoms with van der Waals surface area (Å²) >= 11 is 0. The smallest absolute Gasteiger partial charge is 0.410 e. The molecule has 8 nitrogen and oxygen atoms in total. The van der Waals surface area contributed by atoms with E-state index in [0.29, 0.717) is 32.7 Å². The molecule has 3 rings (SSSR count). The first-order valence-electron chi connectivity index (χ1n) is 11.9. The molecular weight excluding hydrogens is 448 g/mol. The highest BCUT2D eigenvalue weighted by molar-refractivity contribution is 5.71. The number of benzene rings is 2. The normalized spacial score (nSPS) is 16.0. The fraction of sp³-hybridized carbons (Fsp3) is 0.481. The number of hydrogen-bond donors (Lipinski definition) is 0. The highest BCUT2D eigenvalue weighted by Gasteiger charge is 2.35. The minimum atomic E-state index is -0.607. The molecule has 2 aromatic carbocycles. The monoisotopic (exact) mass is 484 g/mol. The summed E-state index contributed by atoms with van der Waals surface area (Å²) in [4.78, 5) is 29.0. The number of amides is 2. The van der Waals surface area contributed by atoms with Gasteiger partial charge in [-0.2, -0.15) is 0 Å². The van der Waals surface area contributed by atoms with E-state index in [1.165, 1.54) is 0 Å². The zero-order valence-corrected chi connectivity index (χ0v) is 21.3. The van der Waals surface area contributed by atoms with Gasteiger partial charge in [-0.1, -0.05) is 30.3 Å². The van der Waals surface area contributed by atoms with Gasteiger partial charge in [0, 0.05) is 26.1 Å². The second-order valence-electron chi connectivity index (χ2n) is 9.58. The second-order valence-corrected chi connectivity index (χ2v) is 9.58. The van der Waals surface area contributed by atoms with E-state index in [4.69, 9.17) is 18.9 Å². The average Bonchev–Trinajstić information content (AvgIpc) is 2.83. The van der Waals surface area contributed by atoms with Crippen molar-refractivity contribution in [2.75, 3.05) is 33.4 Å². The Morgan fingerprint density at radius 3 is 2.43 bits per heavy atom. The molecule has 190 valence electrons. The van der Waals surface area contributed by atoms with Crippen LogP contribution in [0.5, 0.6) is 11.5 Å². The van der Waals surface area contributed by atoms with Gasteiger partial charge in [0.15, 0.2) is 0 Å². The van der Waals surface area contributed by atoms with Crippen LogP contribution in [0.15, 0.2) is 48.5 Å². The SMILES string of the molecule is COc1ccc(OCC[C@@H]2CN(C(=O)OCc3ccccc3)CCN2C(=O)OC(C)(C)C)c(C)c1. The zero-order chi connectivity index (χ0) is 25.4. The van der Waals surface area contributed by atoms with E-state index in [1.807, 2.05) is 76.2 Å². The number of carbonyl (C=O) groups is 2. The van der Waals surface area contributed by atoms with Gasteiger partial charge in [0.05, 0.1) is 19.8 Å². The lowest BCUT2D eigenvalue weighted by atomic mass is 10.1. The fourth-order valence-corrected chi connectivity index (χ4v) is 3.86. The van der Waals surface area contributed by atoms with E-state index >= 15 is 0 Å². The van der Waals surface area contributed by atoms with E-state index < -0.39 is 11.7 Å². The molecule has 35 heavy (non-hydrogen) atoms. The fourth-order valence-electron chi connectivity index (χ4n) is 3.86. The van der Waals surface area contributed by atoms with Gasteiger partial charge in [0.1, 0.15) is 23.7 Å². The van der Waals surface area contributed by atoms with Crippen LogP contribution in [-0.2, 0) is 16.1 Å². The van der Waals surface area contributed by atoms with Gasteiger partial charge in [-0.15, -0.1) is 0 Å². The molecule has 1 fully saturated rings. The quantitative estimate of drug-likeness (QED) is 0.549. The molecule has 1 heterocycles. The van der Waals surface area contributed by atoms with Gasteiger partial charge in [-0.25, -0.2) is 9.59 Å². The summed E-state index contributed by atoms with van der Waals surface area (Å²) < 4.78 is 22.4. The van der Waals surface area contributed by atoms with Crippen LogP contribution in [0.25, 0.3) is 0 Å². The third kappa shape index (κ3) is 7.80. The Morgan fingerprint density at radius 1 is 1.03 bits per heavy atom. The molecule has 0 N–H and O–H groups in total. The van der Waals surface area contributed by atoms with Crippen LogP contribution in [0.1, 0.15) is 38.3 Å². The van der Waals surface area contributed by atoms with Crippen molar-refractivity contribution in [3.63, 3.8) is 0 Å². The average molecular weight is 485 g/mol. The van der Waals surface area contributed by atoms with Crippen molar-refractivity contribution in [2.45, 2.75) is 52.4 Å². The lowest BCUT2D eigenvalue weighted by Gasteiger charge is -2.41. The molecule has 0 radical (unpaired) electrons. The number of aryl methyl sites for hydroxylation is 1. The minimum absolute atomic E-state index is 0.205. The number of carbonyl (C=O) groups excluding carboxylic acids is 2. The molecule has 1 aliphatic heterocycles. The Balaban J connectivity index is 1.63. The maximum Gasteiger partial charge on any atom is 0.410 e. The van der Waals surface area contributed by atoms with Gasteiger partial charge in [-0.3, -0.25) is 0 Å². The second kappa shape index (κ2) is 11.8. The maximum atomic E-state index is 12.9. The Labute approximate surface area is 207 Å². The first-order chi connectivity index (χ1) is 16.7. The summed E-state index contributed by atoms with van der Waals surface area (Å²) in [6, 6.07) is 14.9. The summed E-state index contributed by atoms with van der Waals surface area (Å²) in [6.45, 7) is 9.14. The third-order valence-corrected chi connectivity index (χ3v) is 5.66. The molecule has 0 spiro atoms. The van der Waals surface area contributed by atoms with Crippen LogP contribution in [0, 0.1) is 6.92 Å². The number of rotatable bonds is 7. The largest absolute Gasteiger partial charge is 0.497 e. The van der Waals surface area contributed by atoms with Crippen molar-refractivity contribution in [2.24, 2.45) is 0 Å². The van der Waals surface area contributed by atoms with Crippen LogP contribution < -0.4 is 9.47 Å². The summed E-state index contributed by atoms with van der Waals surface area (Å²) in [5.41, 5.74) is 1.28. The standard InChI is InChI=1S/C27H36N2O6/c1-20-17-23(32-5)11-12-24(20)33-16-13-22-18-28(14-15-29(22)26(31)35-27(2,3)4)25(30)34-19-21-9-7-6-8-10-21/h6-12,17,22H,13-16,18-19H2,1-5H3/t22-/m1/s1. The summed E-state index contributed by atoms with van der Waals surface area (Å²) in [5, 5.41) is 0. The molecule has 1 atom stereocenters. The highest BCUT2D eigenvalue weighted by Crippen LogP contribution is 2.24. The zero-order valence-electron chi connectivity index (χ0n) is 21.3. The summed E-state index contributed by atoms with van der Waals surface area (Å²) in [6.07, 6.45) is -0.247. The van der Waals surface area contributed by atoms with E-state index in [1.54, 1.807) is 16.9 Å². The van der Waals surface area contributed by atoms with Crippen molar-refractivity contribution in [3.8, 4) is 11.5 Å². The van der Waals surface area contributed by atoms with E-state index in [-0.39, 0.29) is 18.7 Å². The Hall–Kier alpha value is -3.42. The number of methoxy groups -OCH3 is 1. The van der Waals surface area contributed by atoms with Gasteiger partial charge in [0.2, 0.25) is 0 Å². The molecule has 0 aliphatic carbocycles. The van der Waals surface area contributed by atoms with Crippen molar-refractivity contribution in [3.05, 3.63) is 59.7 Å². The van der Waals surface area contributed by atoms with Crippen molar-refractivity contribution >= 4 is 12.2 Å². The Kier molecular flexibility index (Phi) is 8.84.